The number of rotatable bonds is 14. The Kier molecular flexibility index (Phi) is 10.0. The van der Waals surface area contributed by atoms with Crippen molar-refractivity contribution < 1.29 is 16.8 Å². The van der Waals surface area contributed by atoms with Gasteiger partial charge in [-0.3, -0.25) is 9.82 Å². The van der Waals surface area contributed by atoms with Crippen molar-refractivity contribution in [2.75, 3.05) is 11.3 Å². The molecule has 4 aromatic rings. The molecule has 0 amide bonds. The number of aryl methyl sites for hydroxylation is 3. The zero-order valence-electron chi connectivity index (χ0n) is 20.8. The van der Waals surface area contributed by atoms with E-state index in [9.17, 15) is 8.42 Å². The van der Waals surface area contributed by atoms with Crippen molar-refractivity contribution in [2.24, 2.45) is 0 Å². The van der Waals surface area contributed by atoms with Crippen molar-refractivity contribution >= 4 is 57.1 Å². The van der Waals surface area contributed by atoms with Gasteiger partial charge in [0.1, 0.15) is 5.75 Å². The fourth-order valence-corrected chi connectivity index (χ4v) is 5.42. The van der Waals surface area contributed by atoms with Crippen LogP contribution in [0.4, 0.5) is 5.69 Å². The summed E-state index contributed by atoms with van der Waals surface area (Å²) in [6.45, 7) is 4.43. The fraction of sp³-hybridized carbons (Fsp3) is 0.333. The van der Waals surface area contributed by atoms with E-state index < -0.39 is 22.5 Å². The van der Waals surface area contributed by atoms with Crippen molar-refractivity contribution in [2.45, 2.75) is 46.0 Å². The average molecular weight is 600 g/mol. The summed E-state index contributed by atoms with van der Waals surface area (Å²) >= 11 is 8.22. The molecule has 3 N–H and O–H groups in total. The molecule has 204 valence electrons. The molecule has 0 aliphatic heterocycles. The lowest BCUT2D eigenvalue weighted by molar-refractivity contribution is 0.542. The van der Waals surface area contributed by atoms with Crippen LogP contribution in [0.25, 0.3) is 5.65 Å². The number of aromatic nitrogens is 4. The largest absolute Gasteiger partial charge is 0.389 e. The fourth-order valence-electron chi connectivity index (χ4n) is 3.54. The molecule has 0 aliphatic carbocycles. The zero-order valence-corrected chi connectivity index (χ0v) is 24.0. The van der Waals surface area contributed by atoms with Gasteiger partial charge in [0, 0.05) is 35.8 Å². The van der Waals surface area contributed by atoms with Crippen LogP contribution in [-0.2, 0) is 35.4 Å². The SMILES string of the molecule is CCCCc1cc2nnc(CCCNS(=O)Oc3cc(NS(=O)Oc4ccc(Cl)cc4Cl)ccc3C)n2[nH]1. The van der Waals surface area contributed by atoms with Gasteiger partial charge in [-0.1, -0.05) is 42.6 Å². The van der Waals surface area contributed by atoms with Gasteiger partial charge in [0.05, 0.1) is 10.7 Å². The minimum absolute atomic E-state index is 0.218. The monoisotopic (exact) mass is 598 g/mol. The first-order valence-corrected chi connectivity index (χ1v) is 14.9. The number of unbranched alkanes of at least 4 members (excludes halogenated alkanes) is 1. The third kappa shape index (κ3) is 7.70. The lowest BCUT2D eigenvalue weighted by Crippen LogP contribution is -2.23. The maximum absolute atomic E-state index is 12.5. The molecule has 2 unspecified atom stereocenters. The highest BCUT2D eigenvalue weighted by Crippen LogP contribution is 2.29. The zero-order chi connectivity index (χ0) is 27.1. The number of hydrogen-bond donors (Lipinski definition) is 3. The van der Waals surface area contributed by atoms with E-state index in [0.717, 1.165) is 42.0 Å². The molecule has 2 aromatic heterocycles. The highest BCUT2D eigenvalue weighted by atomic mass is 35.5. The van der Waals surface area contributed by atoms with Gasteiger partial charge in [-0.25, -0.2) is 9.24 Å². The molecule has 38 heavy (non-hydrogen) atoms. The van der Waals surface area contributed by atoms with Crippen LogP contribution in [0.1, 0.15) is 43.3 Å². The van der Waals surface area contributed by atoms with E-state index in [0.29, 0.717) is 35.8 Å². The van der Waals surface area contributed by atoms with E-state index in [1.54, 1.807) is 24.3 Å². The van der Waals surface area contributed by atoms with Crippen LogP contribution in [0.5, 0.6) is 11.5 Å². The number of nitrogens with one attached hydrogen (secondary N) is 3. The lowest BCUT2D eigenvalue weighted by atomic mass is 10.2. The van der Waals surface area contributed by atoms with Crippen molar-refractivity contribution in [3.05, 3.63) is 69.6 Å². The smallest absolute Gasteiger partial charge is 0.316 e. The van der Waals surface area contributed by atoms with Gasteiger partial charge >= 0.3 is 11.3 Å². The van der Waals surface area contributed by atoms with Crippen LogP contribution in [-0.4, -0.2) is 34.8 Å². The molecule has 10 nitrogen and oxygen atoms in total. The average Bonchev–Trinajstić information content (AvgIpc) is 3.45. The maximum atomic E-state index is 12.5. The second-order valence-electron chi connectivity index (χ2n) is 8.49. The van der Waals surface area contributed by atoms with Crippen molar-refractivity contribution in [1.82, 2.24) is 24.5 Å². The van der Waals surface area contributed by atoms with Crippen LogP contribution in [0.3, 0.4) is 0 Å². The minimum Gasteiger partial charge on any atom is -0.389 e. The van der Waals surface area contributed by atoms with Gasteiger partial charge in [0.15, 0.2) is 17.2 Å². The molecule has 0 bridgehead atoms. The number of H-pyrrole nitrogens is 1. The molecule has 0 spiro atoms. The van der Waals surface area contributed by atoms with Gasteiger partial charge in [0.2, 0.25) is 0 Å². The summed E-state index contributed by atoms with van der Waals surface area (Å²) in [6.07, 6.45) is 4.56. The van der Waals surface area contributed by atoms with E-state index in [2.05, 4.69) is 31.7 Å². The predicted octanol–water partition coefficient (Wildman–Crippen LogP) is 5.26. The molecule has 0 fully saturated rings. The van der Waals surface area contributed by atoms with E-state index >= 15 is 0 Å². The number of nitrogens with zero attached hydrogens (tertiary/aromatic N) is 3. The van der Waals surface area contributed by atoms with Crippen LogP contribution >= 0.6 is 23.2 Å². The third-order valence-corrected chi connectivity index (χ3v) is 7.56. The molecule has 0 aliphatic rings. The Balaban J connectivity index is 1.25. The molecule has 0 saturated heterocycles. The first-order valence-electron chi connectivity index (χ1n) is 12.0. The summed E-state index contributed by atoms with van der Waals surface area (Å²) in [7, 11) is 0. The maximum Gasteiger partial charge on any atom is 0.316 e. The van der Waals surface area contributed by atoms with Gasteiger partial charge in [-0.05, 0) is 56.0 Å². The topological polar surface area (TPSA) is 123 Å². The Hall–Kier alpha value is -2.64. The number of halogens is 2. The van der Waals surface area contributed by atoms with E-state index in [1.165, 1.54) is 12.1 Å². The third-order valence-electron chi connectivity index (χ3n) is 5.52. The number of aromatic amines is 1. The number of hydrogen-bond acceptors (Lipinski definition) is 6. The van der Waals surface area contributed by atoms with Gasteiger partial charge in [-0.2, -0.15) is 8.42 Å². The van der Waals surface area contributed by atoms with Crippen molar-refractivity contribution in [3.8, 4) is 11.5 Å². The Bertz CT molecular complexity index is 1440. The summed E-state index contributed by atoms with van der Waals surface area (Å²) in [4.78, 5) is 0. The predicted molar refractivity (Wildman–Crippen MR) is 151 cm³/mol. The lowest BCUT2D eigenvalue weighted by Gasteiger charge is -2.12. The molecular weight excluding hydrogens is 571 g/mol. The second-order valence-corrected chi connectivity index (χ2v) is 11.1. The Labute approximate surface area is 236 Å². The summed E-state index contributed by atoms with van der Waals surface area (Å²) in [6, 6.07) is 11.7. The van der Waals surface area contributed by atoms with Crippen LogP contribution in [0, 0.1) is 6.92 Å². The normalized spacial score (nSPS) is 12.9. The van der Waals surface area contributed by atoms with E-state index in [-0.39, 0.29) is 10.8 Å². The summed E-state index contributed by atoms with van der Waals surface area (Å²) in [5.41, 5.74) is 3.15. The first kappa shape index (κ1) is 28.4. The molecule has 2 atom stereocenters. The number of anilines is 1. The number of benzene rings is 2. The highest BCUT2D eigenvalue weighted by Gasteiger charge is 2.12. The second kappa shape index (κ2) is 13.4. The number of fused-ring (bicyclic) bond motifs is 1. The van der Waals surface area contributed by atoms with E-state index in [4.69, 9.17) is 31.6 Å². The van der Waals surface area contributed by atoms with Gasteiger partial charge < -0.3 is 8.37 Å². The molecular formula is C24H28Cl2N6O4S2. The molecule has 2 heterocycles. The van der Waals surface area contributed by atoms with Gasteiger partial charge in [0.25, 0.3) is 11.3 Å². The quantitative estimate of drug-likeness (QED) is 0.170. The molecule has 2 aromatic carbocycles. The first-order chi connectivity index (χ1) is 18.3. The molecule has 14 heteroatoms. The van der Waals surface area contributed by atoms with E-state index in [1.807, 2.05) is 17.5 Å². The minimum atomic E-state index is -1.94. The Morgan fingerprint density at radius 2 is 1.79 bits per heavy atom. The van der Waals surface area contributed by atoms with Crippen LogP contribution < -0.4 is 17.8 Å². The Morgan fingerprint density at radius 1 is 0.974 bits per heavy atom. The Morgan fingerprint density at radius 3 is 2.58 bits per heavy atom. The standard InChI is InChI=1S/C24H28Cl2N6O4S2/c1-3-4-6-18-15-24-29-28-23(32(24)30-18)7-5-12-27-37(33)36-22-14-19(10-8-16(22)2)31-38(34)35-21-11-9-17(25)13-20(21)26/h8-11,13-15,27,30-31H,3-7,12H2,1-2H3. The van der Waals surface area contributed by atoms with Crippen LogP contribution in [0.2, 0.25) is 10.0 Å². The van der Waals surface area contributed by atoms with Crippen LogP contribution in [0.15, 0.2) is 42.5 Å². The van der Waals surface area contributed by atoms with Gasteiger partial charge in [-0.15, -0.1) is 10.2 Å². The van der Waals surface area contributed by atoms with Crippen molar-refractivity contribution in [3.63, 3.8) is 0 Å². The summed E-state index contributed by atoms with van der Waals surface area (Å²) in [5.74, 6) is 1.41. The molecule has 4 rings (SSSR count). The van der Waals surface area contributed by atoms with Crippen molar-refractivity contribution in [1.29, 1.82) is 0 Å². The summed E-state index contributed by atoms with van der Waals surface area (Å²) in [5, 5.41) is 12.5. The molecule has 0 radical (unpaired) electrons. The molecule has 0 saturated carbocycles. The summed E-state index contributed by atoms with van der Waals surface area (Å²) < 4.78 is 43.3. The highest BCUT2D eigenvalue weighted by molar-refractivity contribution is 7.82.